The van der Waals surface area contributed by atoms with Crippen molar-refractivity contribution < 1.29 is 19.0 Å². The lowest BCUT2D eigenvalue weighted by Gasteiger charge is -2.13. The van der Waals surface area contributed by atoms with E-state index in [1.165, 1.54) is 18.2 Å². The molecule has 0 aliphatic carbocycles. The van der Waals surface area contributed by atoms with Crippen LogP contribution < -0.4 is 9.47 Å². The molecule has 2 aromatic carbocycles. The first-order chi connectivity index (χ1) is 9.65. The van der Waals surface area contributed by atoms with Crippen molar-refractivity contribution in [2.45, 2.75) is 13.8 Å². The van der Waals surface area contributed by atoms with Crippen LogP contribution in [0.1, 0.15) is 13.8 Å². The van der Waals surface area contributed by atoms with Crippen LogP contribution in [-0.2, 0) is 0 Å². The van der Waals surface area contributed by atoms with Gasteiger partial charge in [0.25, 0.3) is 0 Å². The van der Waals surface area contributed by atoms with Gasteiger partial charge < -0.3 is 14.6 Å². The molecule has 0 amide bonds. The summed E-state index contributed by atoms with van der Waals surface area (Å²) in [6.07, 6.45) is 0. The highest BCUT2D eigenvalue weighted by Crippen LogP contribution is 2.36. The second kappa shape index (κ2) is 6.28. The Labute approximate surface area is 117 Å². The second-order valence-electron chi connectivity index (χ2n) is 4.19. The van der Waals surface area contributed by atoms with Crippen molar-refractivity contribution in [1.82, 2.24) is 0 Å². The Morgan fingerprint density at radius 2 is 1.65 bits per heavy atom. The summed E-state index contributed by atoms with van der Waals surface area (Å²) in [5.41, 5.74) is 1.10. The molecule has 0 saturated carbocycles. The molecule has 0 saturated heterocycles. The molecule has 0 fully saturated rings. The van der Waals surface area contributed by atoms with Gasteiger partial charge in [0.2, 0.25) is 0 Å². The van der Waals surface area contributed by atoms with Crippen molar-refractivity contribution in [1.29, 1.82) is 0 Å². The van der Waals surface area contributed by atoms with E-state index in [-0.39, 0.29) is 5.75 Å². The number of aromatic hydroxyl groups is 1. The molecule has 0 heterocycles. The van der Waals surface area contributed by atoms with Gasteiger partial charge in [-0.1, -0.05) is 6.07 Å². The van der Waals surface area contributed by atoms with Crippen molar-refractivity contribution in [3.8, 4) is 28.4 Å². The maximum Gasteiger partial charge on any atom is 0.161 e. The van der Waals surface area contributed by atoms with Gasteiger partial charge >= 0.3 is 0 Å². The fourth-order valence-corrected chi connectivity index (χ4v) is 1.96. The van der Waals surface area contributed by atoms with Crippen LogP contribution in [0, 0.1) is 5.82 Å². The molecule has 0 bridgehead atoms. The fourth-order valence-electron chi connectivity index (χ4n) is 1.96. The average Bonchev–Trinajstić information content (AvgIpc) is 2.44. The Bertz CT molecular complexity index is 596. The normalized spacial score (nSPS) is 10.3. The number of rotatable bonds is 5. The van der Waals surface area contributed by atoms with Crippen molar-refractivity contribution in [2.24, 2.45) is 0 Å². The summed E-state index contributed by atoms with van der Waals surface area (Å²) in [5, 5.41) is 9.84. The van der Waals surface area contributed by atoms with Gasteiger partial charge in [0.1, 0.15) is 11.6 Å². The standard InChI is InChI=1S/C16H17FO3/c1-3-19-15-8-5-11(9-16(15)20-4-2)13-10-12(17)6-7-14(13)18/h5-10,18H,3-4H2,1-2H3. The molecule has 2 rings (SSSR count). The zero-order chi connectivity index (χ0) is 14.5. The summed E-state index contributed by atoms with van der Waals surface area (Å²) in [6.45, 7) is 4.80. The van der Waals surface area contributed by atoms with Crippen LogP contribution >= 0.6 is 0 Å². The topological polar surface area (TPSA) is 38.7 Å². The van der Waals surface area contributed by atoms with E-state index in [1.807, 2.05) is 13.8 Å². The SMILES string of the molecule is CCOc1ccc(-c2cc(F)ccc2O)cc1OCC. The molecule has 4 heteroatoms. The highest BCUT2D eigenvalue weighted by molar-refractivity contribution is 5.72. The molecule has 3 nitrogen and oxygen atoms in total. The molecule has 0 unspecified atom stereocenters. The van der Waals surface area contributed by atoms with Gasteiger partial charge in [-0.25, -0.2) is 4.39 Å². The fraction of sp³-hybridized carbons (Fsp3) is 0.250. The van der Waals surface area contributed by atoms with E-state index in [0.29, 0.717) is 35.8 Å². The summed E-state index contributed by atoms with van der Waals surface area (Å²) in [6, 6.07) is 9.11. The molecule has 1 N–H and O–H groups in total. The molecular weight excluding hydrogens is 259 g/mol. The van der Waals surface area contributed by atoms with Crippen LogP contribution in [-0.4, -0.2) is 18.3 Å². The minimum atomic E-state index is -0.398. The lowest BCUT2D eigenvalue weighted by Crippen LogP contribution is -1.98. The van der Waals surface area contributed by atoms with Crippen LogP contribution in [0.15, 0.2) is 36.4 Å². The monoisotopic (exact) mass is 276 g/mol. The van der Waals surface area contributed by atoms with E-state index in [0.717, 1.165) is 0 Å². The van der Waals surface area contributed by atoms with Crippen LogP contribution in [0.3, 0.4) is 0 Å². The highest BCUT2D eigenvalue weighted by atomic mass is 19.1. The first kappa shape index (κ1) is 14.2. The first-order valence-electron chi connectivity index (χ1n) is 6.54. The molecule has 20 heavy (non-hydrogen) atoms. The number of hydrogen-bond acceptors (Lipinski definition) is 3. The lowest BCUT2D eigenvalue weighted by molar-refractivity contribution is 0.288. The van der Waals surface area contributed by atoms with E-state index in [2.05, 4.69) is 0 Å². The smallest absolute Gasteiger partial charge is 0.161 e. The average molecular weight is 276 g/mol. The van der Waals surface area contributed by atoms with Gasteiger partial charge in [-0.3, -0.25) is 0 Å². The summed E-state index contributed by atoms with van der Waals surface area (Å²) in [5.74, 6) is 0.840. The van der Waals surface area contributed by atoms with Gasteiger partial charge in [-0.05, 0) is 49.7 Å². The molecule has 0 aliphatic heterocycles. The summed E-state index contributed by atoms with van der Waals surface area (Å²) in [7, 11) is 0. The van der Waals surface area contributed by atoms with E-state index in [9.17, 15) is 9.50 Å². The third kappa shape index (κ3) is 3.02. The predicted octanol–water partition coefficient (Wildman–Crippen LogP) is 4.00. The molecule has 0 aliphatic rings. The van der Waals surface area contributed by atoms with Crippen LogP contribution in [0.25, 0.3) is 11.1 Å². The Kier molecular flexibility index (Phi) is 4.45. The molecule has 0 atom stereocenters. The third-order valence-electron chi connectivity index (χ3n) is 2.81. The lowest BCUT2D eigenvalue weighted by atomic mass is 10.0. The zero-order valence-electron chi connectivity index (χ0n) is 11.5. The quantitative estimate of drug-likeness (QED) is 0.897. The Balaban J connectivity index is 2.46. The minimum Gasteiger partial charge on any atom is -0.507 e. The number of ether oxygens (including phenoxy) is 2. The largest absolute Gasteiger partial charge is 0.507 e. The van der Waals surface area contributed by atoms with Crippen molar-refractivity contribution in [2.75, 3.05) is 13.2 Å². The van der Waals surface area contributed by atoms with Gasteiger partial charge in [0, 0.05) is 5.56 Å². The number of phenols is 1. The number of hydrogen-bond donors (Lipinski definition) is 1. The molecule has 0 radical (unpaired) electrons. The Hall–Kier alpha value is -2.23. The molecule has 0 aromatic heterocycles. The number of phenolic OH excluding ortho intramolecular Hbond substituents is 1. The second-order valence-corrected chi connectivity index (χ2v) is 4.19. The maximum absolute atomic E-state index is 13.3. The van der Waals surface area contributed by atoms with Crippen LogP contribution in [0.2, 0.25) is 0 Å². The van der Waals surface area contributed by atoms with Gasteiger partial charge in [-0.15, -0.1) is 0 Å². The van der Waals surface area contributed by atoms with Crippen molar-refractivity contribution >= 4 is 0 Å². The van der Waals surface area contributed by atoms with Gasteiger partial charge in [-0.2, -0.15) is 0 Å². The number of benzene rings is 2. The van der Waals surface area contributed by atoms with E-state index >= 15 is 0 Å². The molecule has 106 valence electrons. The van der Waals surface area contributed by atoms with Gasteiger partial charge in [0.15, 0.2) is 11.5 Å². The molecule has 2 aromatic rings. The van der Waals surface area contributed by atoms with Crippen LogP contribution in [0.5, 0.6) is 17.2 Å². The molecular formula is C16H17FO3. The van der Waals surface area contributed by atoms with Crippen molar-refractivity contribution in [3.05, 3.63) is 42.2 Å². The van der Waals surface area contributed by atoms with Gasteiger partial charge in [0.05, 0.1) is 13.2 Å². The van der Waals surface area contributed by atoms with E-state index in [1.54, 1.807) is 18.2 Å². The third-order valence-corrected chi connectivity index (χ3v) is 2.81. The minimum absolute atomic E-state index is 0.0259. The maximum atomic E-state index is 13.3. The van der Waals surface area contributed by atoms with Crippen LogP contribution in [0.4, 0.5) is 4.39 Å². The van der Waals surface area contributed by atoms with Crippen molar-refractivity contribution in [3.63, 3.8) is 0 Å². The molecule has 0 spiro atoms. The first-order valence-corrected chi connectivity index (χ1v) is 6.54. The predicted molar refractivity (Wildman–Crippen MR) is 75.8 cm³/mol. The summed E-state index contributed by atoms with van der Waals surface area (Å²) < 4.78 is 24.3. The Morgan fingerprint density at radius 3 is 2.35 bits per heavy atom. The Morgan fingerprint density at radius 1 is 0.950 bits per heavy atom. The summed E-state index contributed by atoms with van der Waals surface area (Å²) in [4.78, 5) is 0. The summed E-state index contributed by atoms with van der Waals surface area (Å²) >= 11 is 0. The highest BCUT2D eigenvalue weighted by Gasteiger charge is 2.11. The van der Waals surface area contributed by atoms with E-state index in [4.69, 9.17) is 9.47 Å². The number of halogens is 1. The van der Waals surface area contributed by atoms with E-state index < -0.39 is 5.82 Å². The zero-order valence-corrected chi connectivity index (χ0v) is 11.5.